The van der Waals surface area contributed by atoms with Crippen LogP contribution in [0.2, 0.25) is 0 Å². The monoisotopic (exact) mass is 585 g/mol. The number of carbonyl (C=O) groups is 8. The van der Waals surface area contributed by atoms with Crippen molar-refractivity contribution in [2.75, 3.05) is 0 Å². The molecule has 1 aliphatic rings. The summed E-state index contributed by atoms with van der Waals surface area (Å²) < 4.78 is 0. The fraction of sp³-hybridized carbons (Fsp3) is 0.0400. The molecule has 17 heteroatoms. The number of benzene rings is 2. The molecule has 42 heavy (non-hydrogen) atoms. The molecule has 17 nitrogen and oxygen atoms in total. The first-order chi connectivity index (χ1) is 19.5. The fourth-order valence-corrected chi connectivity index (χ4v) is 4.37. The predicted octanol–water partition coefficient (Wildman–Crippen LogP) is 0.324. The third kappa shape index (κ3) is 4.72. The minimum absolute atomic E-state index is 0.425. The molecule has 1 aliphatic heterocycles. The Morgan fingerprint density at radius 3 is 1.36 bits per heavy atom. The molecule has 0 spiro atoms. The molecular formula is C25H15NO16. The predicted molar refractivity (Wildman–Crippen MR) is 130 cm³/mol. The van der Waals surface area contributed by atoms with Crippen LogP contribution in [0.1, 0.15) is 52.6 Å². The molecule has 9 N–H and O–H groups in total. The van der Waals surface area contributed by atoms with Crippen LogP contribution in [0.15, 0.2) is 53.1 Å². The number of hydrogen-bond donors (Lipinski definition) is 9. The van der Waals surface area contributed by atoms with Crippen LogP contribution in [0, 0.1) is 0 Å². The van der Waals surface area contributed by atoms with Gasteiger partial charge in [-0.15, -0.1) is 0 Å². The molecule has 1 unspecified atom stereocenters. The summed E-state index contributed by atoms with van der Waals surface area (Å²) in [6.07, 6.45) is 0. The van der Waals surface area contributed by atoms with Crippen LogP contribution in [0.5, 0.6) is 0 Å². The molecule has 0 bridgehead atoms. The molecule has 0 amide bonds. The van der Waals surface area contributed by atoms with E-state index in [9.17, 15) is 79.2 Å². The maximum Gasteiger partial charge on any atom is 0.339 e. The van der Waals surface area contributed by atoms with Crippen molar-refractivity contribution in [2.24, 2.45) is 0 Å². The quantitative estimate of drug-likeness (QED) is 0.181. The fourth-order valence-electron chi connectivity index (χ4n) is 4.37. The molecule has 1 atom stereocenters. The summed E-state index contributed by atoms with van der Waals surface area (Å²) in [6, 6.07) is 3.70. The SMILES string of the molecule is O=C(O)C1=C(c2ccc(C(=O)O)c(C(=O)O)c2)NC(C(=O)O)(c2ccc(C(=O)O)c(C(=O)O)c2)C(C(=O)O)=C1C(=O)O. The number of aromatic carboxylic acids is 4. The summed E-state index contributed by atoms with van der Waals surface area (Å²) in [4.78, 5) is 96.5. The second kappa shape index (κ2) is 10.6. The maximum atomic E-state index is 12.9. The van der Waals surface area contributed by atoms with E-state index in [1.54, 1.807) is 0 Å². The van der Waals surface area contributed by atoms with Crippen LogP contribution in [-0.4, -0.2) is 88.6 Å². The van der Waals surface area contributed by atoms with Crippen molar-refractivity contribution in [3.63, 3.8) is 0 Å². The average molecular weight is 585 g/mol. The molecule has 2 aromatic carbocycles. The Balaban J connectivity index is 2.61. The molecule has 0 radical (unpaired) electrons. The van der Waals surface area contributed by atoms with Gasteiger partial charge in [-0.05, 0) is 35.4 Å². The first-order valence-electron chi connectivity index (χ1n) is 10.9. The Morgan fingerprint density at radius 2 is 0.952 bits per heavy atom. The minimum atomic E-state index is -3.34. The van der Waals surface area contributed by atoms with Crippen LogP contribution >= 0.6 is 0 Å². The van der Waals surface area contributed by atoms with Crippen LogP contribution in [-0.2, 0) is 24.7 Å². The number of rotatable bonds is 10. The van der Waals surface area contributed by atoms with Crippen molar-refractivity contribution < 1.29 is 79.2 Å². The zero-order chi connectivity index (χ0) is 31.8. The molecule has 0 aromatic heterocycles. The zero-order valence-corrected chi connectivity index (χ0v) is 20.3. The molecule has 0 saturated carbocycles. The van der Waals surface area contributed by atoms with E-state index in [2.05, 4.69) is 5.32 Å². The Morgan fingerprint density at radius 1 is 0.500 bits per heavy atom. The molecule has 0 fully saturated rings. The van der Waals surface area contributed by atoms with Crippen molar-refractivity contribution in [1.29, 1.82) is 0 Å². The third-order valence-electron chi connectivity index (χ3n) is 6.08. The number of dihydropyridines is 1. The van der Waals surface area contributed by atoms with Crippen molar-refractivity contribution in [2.45, 2.75) is 5.54 Å². The Hall–Kier alpha value is -6.52. The number of carboxylic acid groups (broad SMARTS) is 8. The number of carboxylic acids is 8. The Labute approximate surface area is 230 Å². The second-order valence-electron chi connectivity index (χ2n) is 8.34. The van der Waals surface area contributed by atoms with E-state index in [0.29, 0.717) is 30.3 Å². The van der Waals surface area contributed by atoms with Gasteiger partial charge in [0.05, 0.1) is 44.7 Å². The summed E-state index contributed by atoms with van der Waals surface area (Å²) in [5.41, 5.74) is -14.2. The van der Waals surface area contributed by atoms with E-state index in [4.69, 9.17) is 0 Å². The first kappa shape index (κ1) is 30.0. The maximum absolute atomic E-state index is 12.9. The molecule has 0 saturated heterocycles. The smallest absolute Gasteiger partial charge is 0.339 e. The minimum Gasteiger partial charge on any atom is -0.479 e. The standard InChI is InChI=1S/C25H15NO16/c27-17(28)9-3-1-7(5-11(9)19(31)32)16-14(22(37)38)13(21(35)36)15(23(39)40)25(26-16,24(41)42)8-2-4-10(18(29)30)12(6-8)20(33)34/h1-6,26H,(H,27,28)(H,29,30)(H,31,32)(H,33,34)(H,35,36)(H,37,38)(H,39,40)(H,41,42). The largest absolute Gasteiger partial charge is 0.479 e. The highest BCUT2D eigenvalue weighted by atomic mass is 16.4. The van der Waals surface area contributed by atoms with Crippen molar-refractivity contribution in [1.82, 2.24) is 5.32 Å². The van der Waals surface area contributed by atoms with Crippen LogP contribution in [0.4, 0.5) is 0 Å². The van der Waals surface area contributed by atoms with Gasteiger partial charge < -0.3 is 46.2 Å². The summed E-state index contributed by atoms with van der Waals surface area (Å²) >= 11 is 0. The molecule has 1 heterocycles. The lowest BCUT2D eigenvalue weighted by Gasteiger charge is -2.38. The normalized spacial score (nSPS) is 16.3. The van der Waals surface area contributed by atoms with Crippen LogP contribution in [0.25, 0.3) is 5.70 Å². The lowest BCUT2D eigenvalue weighted by atomic mass is 9.73. The summed E-state index contributed by atoms with van der Waals surface area (Å²) in [6.45, 7) is 0. The van der Waals surface area contributed by atoms with E-state index in [1.807, 2.05) is 0 Å². The van der Waals surface area contributed by atoms with Gasteiger partial charge in [0.25, 0.3) is 0 Å². The van der Waals surface area contributed by atoms with Gasteiger partial charge in [-0.1, -0.05) is 12.1 Å². The van der Waals surface area contributed by atoms with Gasteiger partial charge in [-0.2, -0.15) is 0 Å². The van der Waals surface area contributed by atoms with Crippen molar-refractivity contribution in [3.8, 4) is 0 Å². The molecule has 216 valence electrons. The van der Waals surface area contributed by atoms with Crippen molar-refractivity contribution in [3.05, 3.63) is 86.5 Å². The van der Waals surface area contributed by atoms with Crippen molar-refractivity contribution >= 4 is 53.5 Å². The molecule has 2 aromatic rings. The number of aliphatic carboxylic acids is 4. The topological polar surface area (TPSA) is 310 Å². The highest BCUT2D eigenvalue weighted by Gasteiger charge is 2.55. The average Bonchev–Trinajstić information content (AvgIpc) is 2.90. The van der Waals surface area contributed by atoms with E-state index in [0.717, 1.165) is 6.07 Å². The Kier molecular flexibility index (Phi) is 7.55. The molecular weight excluding hydrogens is 570 g/mol. The van der Waals surface area contributed by atoms with E-state index in [1.165, 1.54) is 0 Å². The van der Waals surface area contributed by atoms with Gasteiger partial charge in [-0.3, -0.25) is 0 Å². The van der Waals surface area contributed by atoms with Gasteiger partial charge in [0.15, 0.2) is 5.54 Å². The lowest BCUT2D eigenvalue weighted by Crippen LogP contribution is -2.55. The zero-order valence-electron chi connectivity index (χ0n) is 20.3. The third-order valence-corrected chi connectivity index (χ3v) is 6.08. The van der Waals surface area contributed by atoms with Crippen LogP contribution < -0.4 is 5.32 Å². The van der Waals surface area contributed by atoms with Gasteiger partial charge in [0.2, 0.25) is 0 Å². The first-order valence-corrected chi connectivity index (χ1v) is 10.9. The molecule has 3 rings (SSSR count). The molecule has 0 aliphatic carbocycles. The highest BCUT2D eigenvalue weighted by Crippen LogP contribution is 2.43. The summed E-state index contributed by atoms with van der Waals surface area (Å²) in [5.74, 6) is -16.2. The number of nitrogens with one attached hydrogen (secondary N) is 1. The van der Waals surface area contributed by atoms with Gasteiger partial charge in [-0.25, -0.2) is 38.4 Å². The second-order valence-corrected chi connectivity index (χ2v) is 8.34. The van der Waals surface area contributed by atoms with E-state index < -0.39 is 109 Å². The van der Waals surface area contributed by atoms with Gasteiger partial charge in [0.1, 0.15) is 0 Å². The summed E-state index contributed by atoms with van der Waals surface area (Å²) in [5, 5.41) is 80.0. The van der Waals surface area contributed by atoms with E-state index >= 15 is 0 Å². The van der Waals surface area contributed by atoms with Crippen LogP contribution in [0.3, 0.4) is 0 Å². The van der Waals surface area contributed by atoms with Gasteiger partial charge >= 0.3 is 47.8 Å². The van der Waals surface area contributed by atoms with Gasteiger partial charge in [0, 0.05) is 0 Å². The summed E-state index contributed by atoms with van der Waals surface area (Å²) in [7, 11) is 0. The lowest BCUT2D eigenvalue weighted by molar-refractivity contribution is -0.147. The van der Waals surface area contributed by atoms with E-state index in [-0.39, 0.29) is 0 Å². The Bertz CT molecular complexity index is 1730. The highest BCUT2D eigenvalue weighted by molar-refractivity contribution is 6.19. The number of hydrogen-bond acceptors (Lipinski definition) is 9.